The van der Waals surface area contributed by atoms with Crippen LogP contribution in [-0.4, -0.2) is 51.9 Å². The van der Waals surface area contributed by atoms with Crippen molar-refractivity contribution in [1.29, 1.82) is 0 Å². The second-order valence-electron chi connectivity index (χ2n) is 8.65. The number of fused-ring (bicyclic) bond motifs is 3. The third kappa shape index (κ3) is 3.00. The Bertz CT molecular complexity index is 1110. The number of likely N-dealkylation sites (N-methyl/N-ethyl adjacent to an activating group) is 1. The van der Waals surface area contributed by atoms with Crippen molar-refractivity contribution < 1.29 is 18.9 Å². The fourth-order valence-electron chi connectivity index (χ4n) is 4.82. The monoisotopic (exact) mass is 422 g/mol. The Morgan fingerprint density at radius 3 is 2.68 bits per heavy atom. The third-order valence-electron chi connectivity index (χ3n) is 6.83. The van der Waals surface area contributed by atoms with Gasteiger partial charge in [0.05, 0.1) is 19.2 Å². The minimum absolute atomic E-state index is 0.158. The number of aromatic nitrogens is 2. The number of aliphatic imine (C=N–C) groups is 1. The van der Waals surface area contributed by atoms with E-state index in [9.17, 15) is 9.59 Å². The van der Waals surface area contributed by atoms with Crippen LogP contribution in [0.3, 0.4) is 0 Å². The Labute approximate surface area is 181 Å². The highest BCUT2D eigenvalue weighted by Gasteiger charge is 2.54. The number of benzene rings is 1. The molecule has 0 bridgehead atoms. The third-order valence-corrected chi connectivity index (χ3v) is 6.83. The summed E-state index contributed by atoms with van der Waals surface area (Å²) in [7, 11) is 1.70. The van der Waals surface area contributed by atoms with E-state index < -0.39 is 6.04 Å². The van der Waals surface area contributed by atoms with Gasteiger partial charge in [0.15, 0.2) is 0 Å². The van der Waals surface area contributed by atoms with Crippen LogP contribution in [0.15, 0.2) is 29.3 Å². The molecule has 4 heterocycles. The lowest BCUT2D eigenvalue weighted by Gasteiger charge is -2.33. The lowest BCUT2D eigenvalue weighted by molar-refractivity contribution is -0.695. The van der Waals surface area contributed by atoms with E-state index in [1.165, 1.54) is 9.80 Å². The van der Waals surface area contributed by atoms with Crippen LogP contribution in [0.4, 0.5) is 10.7 Å². The Kier molecular flexibility index (Phi) is 4.69. The van der Waals surface area contributed by atoms with Crippen molar-refractivity contribution in [2.24, 2.45) is 4.99 Å². The second-order valence-corrected chi connectivity index (χ2v) is 8.65. The molecule has 5 rings (SSSR count). The molecule has 2 atom stereocenters. The Hall–Kier alpha value is -3.00. The van der Waals surface area contributed by atoms with Crippen LogP contribution < -0.4 is 4.57 Å². The molecule has 2 fully saturated rings. The fourth-order valence-corrected chi connectivity index (χ4v) is 4.82. The highest BCUT2D eigenvalue weighted by Crippen LogP contribution is 2.36. The fraction of sp³-hybridized carbons (Fsp3) is 0.478. The standard InChI is InChI=1S/C23H28N5O3/c1-14-8-5-6-9-17(14)12-27-21(29)19-20(25(4)23(27)30)24-22-26(13-18-10-7-11-31-18)15(2)16(3)28(19)22/h5-6,8-9,18-19H,7,10-13H2,1-4H3/q+1. The summed E-state index contributed by atoms with van der Waals surface area (Å²) in [5.41, 5.74) is 4.08. The van der Waals surface area contributed by atoms with E-state index in [1.54, 1.807) is 7.05 Å². The number of carbonyl (C=O) groups excluding carboxylic acids is 2. The number of amides is 3. The second kappa shape index (κ2) is 7.30. The lowest BCUT2D eigenvalue weighted by atomic mass is 10.1. The summed E-state index contributed by atoms with van der Waals surface area (Å²) in [6, 6.07) is 6.88. The molecule has 0 N–H and O–H groups in total. The van der Waals surface area contributed by atoms with Crippen molar-refractivity contribution in [3.8, 4) is 0 Å². The highest BCUT2D eigenvalue weighted by atomic mass is 16.5. The summed E-state index contributed by atoms with van der Waals surface area (Å²) in [4.78, 5) is 34.3. The predicted octanol–water partition coefficient (Wildman–Crippen LogP) is 2.56. The van der Waals surface area contributed by atoms with E-state index in [0.29, 0.717) is 12.4 Å². The van der Waals surface area contributed by atoms with Gasteiger partial charge >= 0.3 is 12.0 Å². The van der Waals surface area contributed by atoms with E-state index in [-0.39, 0.29) is 24.6 Å². The Morgan fingerprint density at radius 1 is 1.19 bits per heavy atom. The first-order valence-corrected chi connectivity index (χ1v) is 10.8. The summed E-state index contributed by atoms with van der Waals surface area (Å²) < 4.78 is 9.95. The number of rotatable bonds is 4. The first kappa shape index (κ1) is 19.9. The molecular weight excluding hydrogens is 394 g/mol. The van der Waals surface area contributed by atoms with Gasteiger partial charge in [-0.25, -0.2) is 13.9 Å². The zero-order valence-electron chi connectivity index (χ0n) is 18.5. The molecular formula is C23H28N5O3+. The van der Waals surface area contributed by atoms with Crippen LogP contribution >= 0.6 is 0 Å². The molecule has 8 nitrogen and oxygen atoms in total. The molecule has 0 spiro atoms. The maximum Gasteiger partial charge on any atom is 0.402 e. The highest BCUT2D eigenvalue weighted by molar-refractivity contribution is 6.20. The summed E-state index contributed by atoms with van der Waals surface area (Å²) in [6.45, 7) is 7.81. The molecule has 31 heavy (non-hydrogen) atoms. The molecule has 8 heteroatoms. The maximum absolute atomic E-state index is 13.6. The van der Waals surface area contributed by atoms with Gasteiger partial charge in [0, 0.05) is 13.7 Å². The minimum atomic E-state index is -0.619. The molecule has 1 aromatic carbocycles. The number of nitrogens with zero attached hydrogens (tertiary/aromatic N) is 5. The van der Waals surface area contributed by atoms with Crippen LogP contribution in [-0.2, 0) is 22.6 Å². The summed E-state index contributed by atoms with van der Waals surface area (Å²) in [5.74, 6) is 0.984. The molecule has 3 aliphatic heterocycles. The van der Waals surface area contributed by atoms with Crippen molar-refractivity contribution in [2.75, 3.05) is 13.7 Å². The average molecular weight is 423 g/mol. The number of imide groups is 1. The van der Waals surface area contributed by atoms with E-state index in [4.69, 9.17) is 9.73 Å². The number of ether oxygens (including phenoxy) is 1. The average Bonchev–Trinajstić information content (AvgIpc) is 3.46. The van der Waals surface area contributed by atoms with Gasteiger partial charge in [0.2, 0.25) is 11.9 Å². The minimum Gasteiger partial charge on any atom is -0.375 e. The van der Waals surface area contributed by atoms with Gasteiger partial charge in [-0.3, -0.25) is 14.6 Å². The summed E-state index contributed by atoms with van der Waals surface area (Å²) in [5, 5.41) is 0. The van der Waals surface area contributed by atoms with Crippen LogP contribution in [0, 0.1) is 20.8 Å². The van der Waals surface area contributed by atoms with E-state index >= 15 is 0 Å². The number of carbonyl (C=O) groups is 2. The van der Waals surface area contributed by atoms with Crippen molar-refractivity contribution in [3.05, 3.63) is 46.8 Å². The number of hydrogen-bond acceptors (Lipinski definition) is 4. The number of aryl methyl sites for hydroxylation is 1. The van der Waals surface area contributed by atoms with Crippen LogP contribution in [0.1, 0.15) is 41.4 Å². The van der Waals surface area contributed by atoms with Gasteiger partial charge in [0.25, 0.3) is 5.91 Å². The molecule has 2 saturated heterocycles. The van der Waals surface area contributed by atoms with E-state index in [0.717, 1.165) is 47.9 Å². The molecule has 162 valence electrons. The van der Waals surface area contributed by atoms with E-state index in [1.807, 2.05) is 42.7 Å². The van der Waals surface area contributed by atoms with Gasteiger partial charge in [0.1, 0.15) is 11.4 Å². The lowest BCUT2D eigenvalue weighted by Crippen LogP contribution is -2.57. The molecule has 1 aromatic heterocycles. The predicted molar refractivity (Wildman–Crippen MR) is 114 cm³/mol. The number of imidazole rings is 1. The van der Waals surface area contributed by atoms with Gasteiger partial charge in [-0.2, -0.15) is 0 Å². The van der Waals surface area contributed by atoms with Gasteiger partial charge < -0.3 is 4.74 Å². The van der Waals surface area contributed by atoms with Gasteiger partial charge in [-0.1, -0.05) is 29.3 Å². The molecule has 0 aliphatic carbocycles. The summed E-state index contributed by atoms with van der Waals surface area (Å²) in [6.07, 6.45) is 2.25. The van der Waals surface area contributed by atoms with Crippen LogP contribution in [0.2, 0.25) is 0 Å². The van der Waals surface area contributed by atoms with Crippen molar-refractivity contribution in [2.45, 2.75) is 58.8 Å². The number of urea groups is 1. The van der Waals surface area contributed by atoms with Crippen LogP contribution in [0.25, 0.3) is 0 Å². The van der Waals surface area contributed by atoms with Crippen LogP contribution in [0.5, 0.6) is 0 Å². The molecule has 0 radical (unpaired) electrons. The SMILES string of the molecule is Cc1ccccc1CN1C(=O)C2C(=Nc3n2c(C)c(C)[n+]3CC2CCCO2)N(C)C1=O. The first-order valence-electron chi connectivity index (χ1n) is 10.8. The smallest absolute Gasteiger partial charge is 0.375 e. The Balaban J connectivity index is 1.53. The normalized spacial score (nSPS) is 22.8. The van der Waals surface area contributed by atoms with Crippen molar-refractivity contribution >= 4 is 23.7 Å². The van der Waals surface area contributed by atoms with Crippen molar-refractivity contribution in [3.63, 3.8) is 0 Å². The Morgan fingerprint density at radius 2 is 1.97 bits per heavy atom. The molecule has 2 unspecified atom stereocenters. The van der Waals surface area contributed by atoms with Gasteiger partial charge in [-0.15, -0.1) is 0 Å². The quantitative estimate of drug-likeness (QED) is 0.711. The van der Waals surface area contributed by atoms with Gasteiger partial charge in [-0.05, 0) is 44.7 Å². The van der Waals surface area contributed by atoms with E-state index in [2.05, 4.69) is 11.5 Å². The number of hydrogen-bond donors (Lipinski definition) is 0. The molecule has 0 saturated carbocycles. The zero-order valence-corrected chi connectivity index (χ0v) is 18.5. The molecule has 3 amide bonds. The zero-order chi connectivity index (χ0) is 21.9. The van der Waals surface area contributed by atoms with Crippen molar-refractivity contribution in [1.82, 2.24) is 14.4 Å². The first-order chi connectivity index (χ1) is 14.9. The number of amidine groups is 1. The molecule has 3 aliphatic rings. The maximum atomic E-state index is 13.6. The topological polar surface area (TPSA) is 71.0 Å². The molecule has 2 aromatic rings. The summed E-state index contributed by atoms with van der Waals surface area (Å²) >= 11 is 0. The largest absolute Gasteiger partial charge is 0.402 e.